The predicted molar refractivity (Wildman–Crippen MR) is 201 cm³/mol. The van der Waals surface area contributed by atoms with Crippen molar-refractivity contribution < 1.29 is 9.90 Å². The van der Waals surface area contributed by atoms with Crippen molar-refractivity contribution in [2.24, 2.45) is 0 Å². The molecule has 0 saturated carbocycles. The minimum atomic E-state index is -0.961. The first-order chi connectivity index (χ1) is 23.6. The number of hydrogen-bond acceptors (Lipinski definition) is 6. The van der Waals surface area contributed by atoms with Gasteiger partial charge in [0.25, 0.3) is 0 Å². The number of H-pyrrole nitrogens is 2. The minimum Gasteiger partial charge on any atom is -0.478 e. The standard InChI is InChI=1S/C39H24N4O2S3/c44-39(45)23-9-7-22(8-10-23)35-24-11-13-26(40-24)36(32-4-1-19-46-32)28-15-17-30(42-28)38(34-6-3-21-48-34)31-18-16-29(43-31)37(33-5-2-20-47-33)27-14-12-25(35)41-27/h1-21,40,43H,(H,44,45). The van der Waals surface area contributed by atoms with Gasteiger partial charge in [-0.25, -0.2) is 14.8 Å². The monoisotopic (exact) mass is 676 g/mol. The van der Waals surface area contributed by atoms with Crippen LogP contribution in [0.5, 0.6) is 0 Å². The average Bonchev–Trinajstić information content (AvgIpc) is 3.95. The lowest BCUT2D eigenvalue weighted by Crippen LogP contribution is -1.95. The number of rotatable bonds is 5. The predicted octanol–water partition coefficient (Wildman–Crippen LogP) is 11.2. The second kappa shape index (κ2) is 11.6. The molecule has 3 N–H and O–H groups in total. The van der Waals surface area contributed by atoms with Crippen molar-refractivity contribution in [3.63, 3.8) is 0 Å². The van der Waals surface area contributed by atoms with Gasteiger partial charge in [-0.2, -0.15) is 0 Å². The summed E-state index contributed by atoms with van der Waals surface area (Å²) in [4.78, 5) is 33.1. The normalized spacial score (nSPS) is 12.2. The zero-order valence-corrected chi connectivity index (χ0v) is 27.5. The highest BCUT2D eigenvalue weighted by Gasteiger charge is 2.19. The number of thiophene rings is 3. The van der Waals surface area contributed by atoms with Gasteiger partial charge in [-0.05, 0) is 101 Å². The van der Waals surface area contributed by atoms with E-state index >= 15 is 0 Å². The Morgan fingerprint density at radius 3 is 1.23 bits per heavy atom. The van der Waals surface area contributed by atoms with Gasteiger partial charge in [0.2, 0.25) is 0 Å². The molecular weight excluding hydrogens is 653 g/mol. The molecule has 9 heteroatoms. The smallest absolute Gasteiger partial charge is 0.335 e. The summed E-state index contributed by atoms with van der Waals surface area (Å²) >= 11 is 5.04. The van der Waals surface area contributed by atoms with Crippen molar-refractivity contribution in [2.45, 2.75) is 0 Å². The molecule has 230 valence electrons. The summed E-state index contributed by atoms with van der Waals surface area (Å²) in [6, 6.07) is 28.0. The lowest BCUT2D eigenvalue weighted by atomic mass is 10.0. The van der Waals surface area contributed by atoms with Crippen molar-refractivity contribution in [2.75, 3.05) is 0 Å². The minimum absolute atomic E-state index is 0.233. The Bertz CT molecular complexity index is 2540. The van der Waals surface area contributed by atoms with Crippen LogP contribution in [0.25, 0.3) is 88.8 Å². The highest BCUT2D eigenvalue weighted by atomic mass is 32.1. The van der Waals surface area contributed by atoms with Gasteiger partial charge in [-0.3, -0.25) is 0 Å². The maximum Gasteiger partial charge on any atom is 0.335 e. The van der Waals surface area contributed by atoms with Gasteiger partial charge < -0.3 is 15.1 Å². The highest BCUT2D eigenvalue weighted by Crippen LogP contribution is 2.40. The van der Waals surface area contributed by atoms with E-state index in [2.05, 4.69) is 105 Å². The molecule has 0 radical (unpaired) electrons. The van der Waals surface area contributed by atoms with Crippen LogP contribution in [0.3, 0.4) is 0 Å². The molecule has 6 nitrogen and oxygen atoms in total. The third-order valence-electron chi connectivity index (χ3n) is 8.48. The van der Waals surface area contributed by atoms with Gasteiger partial charge in [0.1, 0.15) is 0 Å². The third-order valence-corrected chi connectivity index (χ3v) is 11.1. The molecule has 9 rings (SSSR count). The van der Waals surface area contributed by atoms with E-state index in [1.807, 2.05) is 18.2 Å². The van der Waals surface area contributed by atoms with E-state index in [1.165, 1.54) is 0 Å². The van der Waals surface area contributed by atoms with E-state index in [1.54, 1.807) is 46.1 Å². The number of fused-ring (bicyclic) bond motifs is 8. The molecule has 0 saturated heterocycles. The van der Waals surface area contributed by atoms with Crippen molar-refractivity contribution in [1.82, 2.24) is 19.9 Å². The number of carboxylic acid groups (broad SMARTS) is 1. The molecule has 0 amide bonds. The zero-order valence-electron chi connectivity index (χ0n) is 25.1. The molecule has 0 fully saturated rings. The van der Waals surface area contributed by atoms with Gasteiger partial charge in [0, 0.05) is 59.0 Å². The van der Waals surface area contributed by atoms with Crippen LogP contribution in [-0.2, 0) is 0 Å². The maximum atomic E-state index is 11.7. The SMILES string of the molecule is O=C(O)c1ccc(-c2c3nc(c(-c4cccs4)c4ccc([nH]4)c(-c4cccs4)c4nc(c(-c5cccs5)c5ccc2[nH]5)C=C4)C=C3)cc1. The fourth-order valence-electron chi connectivity index (χ4n) is 6.33. The first-order valence-electron chi connectivity index (χ1n) is 15.2. The highest BCUT2D eigenvalue weighted by molar-refractivity contribution is 7.14. The lowest BCUT2D eigenvalue weighted by molar-refractivity contribution is 0.0697. The molecule has 8 bridgehead atoms. The van der Waals surface area contributed by atoms with E-state index < -0.39 is 5.97 Å². The van der Waals surface area contributed by atoms with Crippen molar-refractivity contribution in [3.05, 3.63) is 129 Å². The van der Waals surface area contributed by atoms with Crippen LogP contribution in [-0.4, -0.2) is 31.0 Å². The van der Waals surface area contributed by atoms with E-state index in [0.29, 0.717) is 0 Å². The Labute approximate surface area is 286 Å². The summed E-state index contributed by atoms with van der Waals surface area (Å²) in [6.07, 6.45) is 8.32. The van der Waals surface area contributed by atoms with Crippen molar-refractivity contribution in [1.29, 1.82) is 0 Å². The van der Waals surface area contributed by atoms with Crippen LogP contribution in [0.15, 0.2) is 101 Å². The number of carboxylic acids is 1. The average molecular weight is 677 g/mol. The molecule has 0 spiro atoms. The van der Waals surface area contributed by atoms with Gasteiger partial charge in [-0.15, -0.1) is 34.0 Å². The molecule has 6 aromatic heterocycles. The lowest BCUT2D eigenvalue weighted by Gasteiger charge is -2.06. The Morgan fingerprint density at radius 1 is 0.500 bits per heavy atom. The second-order valence-electron chi connectivity index (χ2n) is 11.3. The summed E-state index contributed by atoms with van der Waals surface area (Å²) < 4.78 is 0. The molecule has 0 unspecified atom stereocenters. The van der Waals surface area contributed by atoms with Gasteiger partial charge in [0.15, 0.2) is 0 Å². The first-order valence-corrected chi connectivity index (χ1v) is 17.9. The first kappa shape index (κ1) is 28.6. The molecule has 8 heterocycles. The Kier molecular flexibility index (Phi) is 6.89. The van der Waals surface area contributed by atoms with E-state index in [9.17, 15) is 9.90 Å². The molecule has 48 heavy (non-hydrogen) atoms. The van der Waals surface area contributed by atoms with Crippen molar-refractivity contribution >= 4 is 86.4 Å². The molecule has 0 atom stereocenters. The second-order valence-corrected chi connectivity index (χ2v) is 14.2. The molecule has 1 aromatic carbocycles. The number of nitrogens with one attached hydrogen (secondary N) is 2. The van der Waals surface area contributed by atoms with Gasteiger partial charge in [0.05, 0.1) is 28.3 Å². The molecular formula is C39H24N4O2S3. The molecule has 0 aliphatic carbocycles. The largest absolute Gasteiger partial charge is 0.478 e. The fraction of sp³-hybridized carbons (Fsp3) is 0. The summed E-state index contributed by atoms with van der Waals surface area (Å²) in [5.41, 5.74) is 12.2. The summed E-state index contributed by atoms with van der Waals surface area (Å²) in [5, 5.41) is 15.9. The number of hydrogen-bond donors (Lipinski definition) is 3. The van der Waals surface area contributed by atoms with Gasteiger partial charge >= 0.3 is 5.97 Å². The Balaban J connectivity index is 1.46. The topological polar surface area (TPSA) is 94.7 Å². The summed E-state index contributed by atoms with van der Waals surface area (Å²) in [6.45, 7) is 0. The van der Waals surface area contributed by atoms with Crippen LogP contribution in [0.2, 0.25) is 0 Å². The number of benzene rings is 1. The molecule has 7 aromatic rings. The van der Waals surface area contributed by atoms with E-state index in [4.69, 9.17) is 9.97 Å². The van der Waals surface area contributed by atoms with Crippen LogP contribution in [0, 0.1) is 0 Å². The zero-order chi connectivity index (χ0) is 32.2. The quantitative estimate of drug-likeness (QED) is 0.169. The van der Waals surface area contributed by atoms with Crippen LogP contribution in [0.1, 0.15) is 33.1 Å². The van der Waals surface area contributed by atoms with Crippen LogP contribution in [0.4, 0.5) is 0 Å². The Morgan fingerprint density at radius 2 is 0.875 bits per heavy atom. The summed E-state index contributed by atoms with van der Waals surface area (Å²) in [7, 11) is 0. The number of aromatic amines is 2. The third kappa shape index (κ3) is 4.87. The molecule has 2 aliphatic heterocycles. The number of aromatic carboxylic acids is 1. The number of nitrogens with zero attached hydrogens (tertiary/aromatic N) is 2. The fourth-order valence-corrected chi connectivity index (χ4v) is 8.71. The van der Waals surface area contributed by atoms with Gasteiger partial charge in [-0.1, -0.05) is 30.3 Å². The summed E-state index contributed by atoms with van der Waals surface area (Å²) in [5.74, 6) is -0.961. The number of aromatic nitrogens is 4. The van der Waals surface area contributed by atoms with E-state index in [-0.39, 0.29) is 5.56 Å². The molecule has 2 aliphatic rings. The maximum absolute atomic E-state index is 11.7. The van der Waals surface area contributed by atoms with Crippen LogP contribution >= 0.6 is 34.0 Å². The Hall–Kier alpha value is -5.61. The number of carbonyl (C=O) groups is 1. The van der Waals surface area contributed by atoms with Crippen molar-refractivity contribution in [3.8, 4) is 42.4 Å². The van der Waals surface area contributed by atoms with E-state index in [0.717, 1.165) is 87.3 Å². The van der Waals surface area contributed by atoms with Crippen LogP contribution < -0.4 is 0 Å².